The van der Waals surface area contributed by atoms with Gasteiger partial charge in [0.2, 0.25) is 0 Å². The maximum absolute atomic E-state index is 9.82. The van der Waals surface area contributed by atoms with Crippen LogP contribution in [0.25, 0.3) is 0 Å². The van der Waals surface area contributed by atoms with Crippen LogP contribution in [0.15, 0.2) is 67.0 Å². The lowest BCUT2D eigenvalue weighted by Gasteiger charge is -2.17. The normalized spacial score (nSPS) is 11.5. The summed E-state index contributed by atoms with van der Waals surface area (Å²) < 4.78 is 0. The molecule has 1 atom stereocenters. The number of anilines is 5. The number of aryl methyl sites for hydroxylation is 1. The third-order valence-electron chi connectivity index (χ3n) is 5.25. The van der Waals surface area contributed by atoms with Crippen molar-refractivity contribution >= 4 is 63.5 Å². The van der Waals surface area contributed by atoms with Crippen molar-refractivity contribution in [2.45, 2.75) is 12.8 Å². The molecule has 4 rings (SSSR count). The first-order valence-electron chi connectivity index (χ1n) is 10.2. The number of nitriles is 1. The summed E-state index contributed by atoms with van der Waals surface area (Å²) >= 11 is 18.8. The smallest absolute Gasteiger partial charge is 0.159 e. The first-order chi connectivity index (χ1) is 16.4. The van der Waals surface area contributed by atoms with Gasteiger partial charge in [-0.2, -0.15) is 5.26 Å². The number of nitrogen functional groups attached to an aromatic ring is 1. The highest BCUT2D eigenvalue weighted by Gasteiger charge is 2.19. The zero-order chi connectivity index (χ0) is 24.2. The number of hydrogen-bond acceptors (Lipinski definition) is 6. The van der Waals surface area contributed by atoms with Gasteiger partial charge in [0.25, 0.3) is 0 Å². The molecule has 0 aliphatic carbocycles. The van der Waals surface area contributed by atoms with Crippen LogP contribution in [0, 0.1) is 18.3 Å². The number of nitrogens with two attached hydrogens (primary N) is 1. The molecule has 0 radical (unpaired) electrons. The number of benzene rings is 3. The monoisotopic (exact) mass is 508 g/mol. The van der Waals surface area contributed by atoms with Gasteiger partial charge in [0, 0.05) is 15.7 Å². The van der Waals surface area contributed by atoms with Gasteiger partial charge in [-0.1, -0.05) is 65.1 Å². The molecule has 0 spiro atoms. The summed E-state index contributed by atoms with van der Waals surface area (Å²) in [6.07, 6.45) is 1.40. The van der Waals surface area contributed by atoms with Crippen LogP contribution >= 0.6 is 34.8 Å². The Morgan fingerprint density at radius 1 is 0.882 bits per heavy atom. The SMILES string of the molecule is Cc1cc(C(C#N)c2ccc(Cl)cc2)c(Cl)cc1Nc1ncnc(Nc2ccccc2Cl)c1N. The van der Waals surface area contributed by atoms with Crippen LogP contribution in [0.5, 0.6) is 0 Å². The summed E-state index contributed by atoms with van der Waals surface area (Å²) in [5.41, 5.74) is 10.4. The summed E-state index contributed by atoms with van der Waals surface area (Å²) in [5.74, 6) is 0.289. The second-order valence-corrected chi connectivity index (χ2v) is 8.77. The maximum Gasteiger partial charge on any atom is 0.159 e. The van der Waals surface area contributed by atoms with E-state index in [0.717, 1.165) is 11.1 Å². The predicted molar refractivity (Wildman–Crippen MR) is 140 cm³/mol. The molecule has 3 aromatic carbocycles. The molecular formula is C25H19Cl3N6. The van der Waals surface area contributed by atoms with Gasteiger partial charge in [0.1, 0.15) is 12.0 Å². The topological polar surface area (TPSA) is 99.6 Å². The van der Waals surface area contributed by atoms with Gasteiger partial charge in [0.15, 0.2) is 11.6 Å². The zero-order valence-corrected chi connectivity index (χ0v) is 20.2. The molecule has 0 saturated heterocycles. The third-order valence-corrected chi connectivity index (χ3v) is 6.16. The van der Waals surface area contributed by atoms with Gasteiger partial charge in [0.05, 0.1) is 22.7 Å². The summed E-state index contributed by atoms with van der Waals surface area (Å²) in [6.45, 7) is 1.92. The van der Waals surface area contributed by atoms with E-state index in [2.05, 4.69) is 26.7 Å². The maximum atomic E-state index is 9.82. The number of hydrogen-bond donors (Lipinski definition) is 3. The Bertz CT molecular complexity index is 1380. The lowest BCUT2D eigenvalue weighted by atomic mass is 9.91. The van der Waals surface area contributed by atoms with Crippen molar-refractivity contribution in [1.82, 2.24) is 9.97 Å². The molecule has 0 aliphatic rings. The minimum Gasteiger partial charge on any atom is -0.393 e. The summed E-state index contributed by atoms with van der Waals surface area (Å²) in [7, 11) is 0. The molecule has 0 aliphatic heterocycles. The van der Waals surface area contributed by atoms with Gasteiger partial charge in [-0.3, -0.25) is 0 Å². The van der Waals surface area contributed by atoms with E-state index in [9.17, 15) is 5.26 Å². The average Bonchev–Trinajstić information content (AvgIpc) is 2.82. The highest BCUT2D eigenvalue weighted by molar-refractivity contribution is 6.33. The van der Waals surface area contributed by atoms with Gasteiger partial charge in [-0.25, -0.2) is 9.97 Å². The fourth-order valence-electron chi connectivity index (χ4n) is 3.45. The Balaban J connectivity index is 1.63. The molecule has 1 aromatic heterocycles. The first-order valence-corrected chi connectivity index (χ1v) is 11.3. The van der Waals surface area contributed by atoms with Crippen LogP contribution in [0.4, 0.5) is 28.7 Å². The van der Waals surface area contributed by atoms with Crippen molar-refractivity contribution < 1.29 is 0 Å². The van der Waals surface area contributed by atoms with E-state index < -0.39 is 5.92 Å². The molecule has 0 bridgehead atoms. The van der Waals surface area contributed by atoms with Gasteiger partial charge < -0.3 is 16.4 Å². The van der Waals surface area contributed by atoms with E-state index in [-0.39, 0.29) is 0 Å². The minimum atomic E-state index is -0.534. The molecule has 1 heterocycles. The molecule has 4 aromatic rings. The largest absolute Gasteiger partial charge is 0.393 e. The van der Waals surface area contributed by atoms with Gasteiger partial charge in [-0.05, 0) is 53.9 Å². The van der Waals surface area contributed by atoms with Crippen LogP contribution in [0.3, 0.4) is 0 Å². The lowest BCUT2D eigenvalue weighted by Crippen LogP contribution is -2.07. The Kier molecular flexibility index (Phi) is 7.09. The second kappa shape index (κ2) is 10.2. The standard InChI is InChI=1S/C25H19Cl3N6/c1-14-10-17(18(12-29)15-6-8-16(26)9-7-15)20(28)11-22(14)34-25-23(30)24(31-13-32-25)33-21-5-3-2-4-19(21)27/h2-11,13,18H,30H2,1H3,(H2,31,32,33,34). The van der Waals surface area contributed by atoms with E-state index in [1.165, 1.54) is 6.33 Å². The van der Waals surface area contributed by atoms with Crippen molar-refractivity contribution in [3.05, 3.63) is 98.7 Å². The van der Waals surface area contributed by atoms with E-state index in [1.54, 1.807) is 24.3 Å². The predicted octanol–water partition coefficient (Wildman–Crippen LogP) is 7.47. The van der Waals surface area contributed by atoms with Crippen LogP contribution in [-0.2, 0) is 0 Å². The fourth-order valence-corrected chi connectivity index (χ4v) is 4.03. The molecule has 6 nitrogen and oxygen atoms in total. The van der Waals surface area contributed by atoms with Crippen molar-refractivity contribution in [2.75, 3.05) is 16.4 Å². The molecule has 34 heavy (non-hydrogen) atoms. The molecular weight excluding hydrogens is 491 g/mol. The van der Waals surface area contributed by atoms with E-state index in [1.807, 2.05) is 43.3 Å². The number of halogens is 3. The average molecular weight is 510 g/mol. The number of nitrogens with one attached hydrogen (secondary N) is 2. The summed E-state index contributed by atoms with van der Waals surface area (Å²) in [4.78, 5) is 8.50. The van der Waals surface area contributed by atoms with E-state index in [4.69, 9.17) is 40.5 Å². The first kappa shape index (κ1) is 23.7. The summed E-state index contributed by atoms with van der Waals surface area (Å²) in [6, 6.07) is 20.4. The van der Waals surface area contributed by atoms with E-state index in [0.29, 0.717) is 49.3 Å². The Labute approximate surface area is 212 Å². The fraction of sp³-hybridized carbons (Fsp3) is 0.0800. The molecule has 0 amide bonds. The Morgan fingerprint density at radius 2 is 1.53 bits per heavy atom. The quantitative estimate of drug-likeness (QED) is 0.249. The van der Waals surface area contributed by atoms with E-state index >= 15 is 0 Å². The number of nitrogens with zero attached hydrogens (tertiary/aromatic N) is 3. The van der Waals surface area contributed by atoms with Crippen molar-refractivity contribution in [3.8, 4) is 6.07 Å². The van der Waals surface area contributed by atoms with Crippen LogP contribution < -0.4 is 16.4 Å². The Hall–Kier alpha value is -3.50. The van der Waals surface area contributed by atoms with Crippen LogP contribution in [0.2, 0.25) is 15.1 Å². The zero-order valence-electron chi connectivity index (χ0n) is 18.0. The van der Waals surface area contributed by atoms with Gasteiger partial charge >= 0.3 is 0 Å². The lowest BCUT2D eigenvalue weighted by molar-refractivity contribution is 1.03. The van der Waals surface area contributed by atoms with Gasteiger partial charge in [-0.15, -0.1) is 0 Å². The van der Waals surface area contributed by atoms with Crippen LogP contribution in [-0.4, -0.2) is 9.97 Å². The molecule has 170 valence electrons. The van der Waals surface area contributed by atoms with Crippen LogP contribution in [0.1, 0.15) is 22.6 Å². The second-order valence-electron chi connectivity index (χ2n) is 7.52. The van der Waals surface area contributed by atoms with Crippen molar-refractivity contribution in [1.29, 1.82) is 5.26 Å². The molecule has 9 heteroatoms. The number of aromatic nitrogens is 2. The van der Waals surface area contributed by atoms with Crippen molar-refractivity contribution in [3.63, 3.8) is 0 Å². The molecule has 4 N–H and O–H groups in total. The Morgan fingerprint density at radius 3 is 2.18 bits per heavy atom. The molecule has 1 unspecified atom stereocenters. The highest BCUT2D eigenvalue weighted by Crippen LogP contribution is 2.36. The number of para-hydroxylation sites is 1. The van der Waals surface area contributed by atoms with Crippen molar-refractivity contribution in [2.24, 2.45) is 0 Å². The highest BCUT2D eigenvalue weighted by atomic mass is 35.5. The number of rotatable bonds is 6. The minimum absolute atomic E-state index is 0.318. The molecule has 0 fully saturated rings. The summed E-state index contributed by atoms with van der Waals surface area (Å²) in [5, 5.41) is 17.8. The third kappa shape index (κ3) is 5.02. The molecule has 0 saturated carbocycles.